The zero-order valence-electron chi connectivity index (χ0n) is 7.73. The van der Waals surface area contributed by atoms with Gasteiger partial charge in [0.2, 0.25) is 5.43 Å². The zero-order valence-corrected chi connectivity index (χ0v) is 7.73. The third-order valence-corrected chi connectivity index (χ3v) is 1.99. The monoisotopic (exact) mass is 178 g/mol. The summed E-state index contributed by atoms with van der Waals surface area (Å²) in [5.74, 6) is 0. The number of hydrogen-bond acceptors (Lipinski definition) is 2. The Kier molecular flexibility index (Phi) is 2.90. The van der Waals surface area contributed by atoms with Gasteiger partial charge in [0, 0.05) is 24.5 Å². The second kappa shape index (κ2) is 3.94. The Morgan fingerprint density at radius 2 is 2.46 bits per heavy atom. The second-order valence-corrected chi connectivity index (χ2v) is 3.09. The van der Waals surface area contributed by atoms with Crippen molar-refractivity contribution in [1.29, 1.82) is 0 Å². The van der Waals surface area contributed by atoms with Crippen molar-refractivity contribution < 1.29 is 0 Å². The van der Waals surface area contributed by atoms with Gasteiger partial charge in [0.1, 0.15) is 0 Å². The first kappa shape index (κ1) is 9.58. The lowest BCUT2D eigenvalue weighted by Gasteiger charge is -2.13. The van der Waals surface area contributed by atoms with Crippen LogP contribution in [0.2, 0.25) is 0 Å². The summed E-state index contributed by atoms with van der Waals surface area (Å²) in [4.78, 5) is 11.0. The van der Waals surface area contributed by atoms with Crippen molar-refractivity contribution in [3.8, 4) is 0 Å². The predicted octanol–water partition coefficient (Wildman–Crippen LogP) is 1.57. The van der Waals surface area contributed by atoms with Gasteiger partial charge in [-0.05, 0) is 13.3 Å². The molecule has 3 nitrogen and oxygen atoms in total. The highest BCUT2D eigenvalue weighted by Crippen LogP contribution is 2.10. The number of nitrogen functional groups attached to an aromatic ring is 1. The quantitative estimate of drug-likeness (QED) is 0.714. The summed E-state index contributed by atoms with van der Waals surface area (Å²) in [5, 5.41) is 0. The minimum absolute atomic E-state index is 0.123. The highest BCUT2D eigenvalue weighted by molar-refractivity contribution is 5.33. The predicted molar refractivity (Wildman–Crippen MR) is 54.6 cm³/mol. The normalized spacial score (nSPS) is 12.4. The molecular weight excluding hydrogens is 164 g/mol. The standard InChI is InChI=1S/C10H14N2O/c1-3-4-8(2)12-6-5-10(13)9(11)7-12/h3,5-8H,1,4,11H2,2H3. The van der Waals surface area contributed by atoms with E-state index in [1.165, 1.54) is 6.07 Å². The van der Waals surface area contributed by atoms with Gasteiger partial charge in [-0.3, -0.25) is 4.79 Å². The smallest absolute Gasteiger partial charge is 0.204 e. The van der Waals surface area contributed by atoms with Crippen molar-refractivity contribution in [2.45, 2.75) is 19.4 Å². The van der Waals surface area contributed by atoms with E-state index in [4.69, 9.17) is 5.73 Å². The van der Waals surface area contributed by atoms with Crippen molar-refractivity contribution in [3.05, 3.63) is 41.3 Å². The molecule has 0 aromatic carbocycles. The lowest BCUT2D eigenvalue weighted by atomic mass is 10.2. The first-order valence-corrected chi connectivity index (χ1v) is 4.23. The number of nitrogens with two attached hydrogens (primary N) is 1. The molecule has 1 aromatic rings. The third-order valence-electron chi connectivity index (χ3n) is 1.99. The molecule has 13 heavy (non-hydrogen) atoms. The van der Waals surface area contributed by atoms with Crippen molar-refractivity contribution in [1.82, 2.24) is 4.57 Å². The van der Waals surface area contributed by atoms with E-state index in [0.29, 0.717) is 11.7 Å². The number of anilines is 1. The van der Waals surface area contributed by atoms with Crippen molar-refractivity contribution in [2.24, 2.45) is 0 Å². The van der Waals surface area contributed by atoms with Crippen molar-refractivity contribution in [3.63, 3.8) is 0 Å². The van der Waals surface area contributed by atoms with Gasteiger partial charge >= 0.3 is 0 Å². The van der Waals surface area contributed by atoms with Crippen LogP contribution in [0.15, 0.2) is 35.9 Å². The maximum atomic E-state index is 11.0. The zero-order chi connectivity index (χ0) is 9.84. The van der Waals surface area contributed by atoms with Crippen molar-refractivity contribution in [2.75, 3.05) is 5.73 Å². The van der Waals surface area contributed by atoms with Crippen molar-refractivity contribution >= 4 is 5.69 Å². The number of hydrogen-bond donors (Lipinski definition) is 1. The molecule has 1 unspecified atom stereocenters. The van der Waals surface area contributed by atoms with Gasteiger partial charge in [-0.15, -0.1) is 6.58 Å². The van der Waals surface area contributed by atoms with Crippen LogP contribution in [-0.2, 0) is 0 Å². The van der Waals surface area contributed by atoms with Crippen LogP contribution in [0.5, 0.6) is 0 Å². The summed E-state index contributed by atoms with van der Waals surface area (Å²) >= 11 is 0. The molecule has 0 fully saturated rings. The summed E-state index contributed by atoms with van der Waals surface area (Å²) in [6, 6.07) is 1.77. The SMILES string of the molecule is C=CCC(C)n1ccc(=O)c(N)c1. The van der Waals surface area contributed by atoms with Gasteiger partial charge in [-0.25, -0.2) is 0 Å². The molecule has 0 bridgehead atoms. The highest BCUT2D eigenvalue weighted by atomic mass is 16.1. The minimum atomic E-state index is -0.123. The van der Waals surface area contributed by atoms with Gasteiger partial charge in [-0.2, -0.15) is 0 Å². The fourth-order valence-corrected chi connectivity index (χ4v) is 1.15. The summed E-state index contributed by atoms with van der Waals surface area (Å²) in [6.45, 7) is 5.71. The average Bonchev–Trinajstić information content (AvgIpc) is 2.10. The minimum Gasteiger partial charge on any atom is -0.394 e. The van der Waals surface area contributed by atoms with E-state index >= 15 is 0 Å². The Balaban J connectivity index is 2.96. The van der Waals surface area contributed by atoms with Crippen LogP contribution in [0.25, 0.3) is 0 Å². The van der Waals surface area contributed by atoms with Gasteiger partial charge in [-0.1, -0.05) is 6.08 Å². The van der Waals surface area contributed by atoms with E-state index in [2.05, 4.69) is 6.58 Å². The Morgan fingerprint density at radius 1 is 1.77 bits per heavy atom. The van der Waals surface area contributed by atoms with Gasteiger partial charge in [0.05, 0.1) is 5.69 Å². The van der Waals surface area contributed by atoms with E-state index in [-0.39, 0.29) is 5.43 Å². The highest BCUT2D eigenvalue weighted by Gasteiger charge is 2.01. The fraction of sp³-hybridized carbons (Fsp3) is 0.300. The maximum Gasteiger partial charge on any atom is 0.204 e. The summed E-state index contributed by atoms with van der Waals surface area (Å²) in [5.41, 5.74) is 5.66. The van der Waals surface area contributed by atoms with Crippen LogP contribution in [0, 0.1) is 0 Å². The second-order valence-electron chi connectivity index (χ2n) is 3.09. The van der Waals surface area contributed by atoms with E-state index in [0.717, 1.165) is 6.42 Å². The largest absolute Gasteiger partial charge is 0.394 e. The molecule has 0 spiro atoms. The topological polar surface area (TPSA) is 48.0 Å². The molecule has 3 heteroatoms. The molecule has 0 amide bonds. The summed E-state index contributed by atoms with van der Waals surface area (Å²) in [6.07, 6.45) is 6.12. The summed E-state index contributed by atoms with van der Waals surface area (Å²) < 4.78 is 1.92. The molecule has 1 heterocycles. The van der Waals surface area contributed by atoms with E-state index < -0.39 is 0 Å². The Bertz CT molecular complexity index is 354. The molecule has 0 saturated carbocycles. The van der Waals surface area contributed by atoms with Gasteiger partial charge in [0.15, 0.2) is 0 Å². The number of nitrogens with zero attached hydrogens (tertiary/aromatic N) is 1. The lowest BCUT2D eigenvalue weighted by Crippen LogP contribution is -2.12. The number of aromatic nitrogens is 1. The van der Waals surface area contributed by atoms with Gasteiger partial charge < -0.3 is 10.3 Å². The van der Waals surface area contributed by atoms with Crippen LogP contribution < -0.4 is 11.2 Å². The number of rotatable bonds is 3. The van der Waals surface area contributed by atoms with Crippen LogP contribution in [0.1, 0.15) is 19.4 Å². The molecule has 0 aliphatic carbocycles. The van der Waals surface area contributed by atoms with Crippen LogP contribution >= 0.6 is 0 Å². The molecule has 1 aromatic heterocycles. The third kappa shape index (κ3) is 2.21. The molecule has 2 N–H and O–H groups in total. The molecule has 0 aliphatic rings. The molecule has 0 saturated heterocycles. The molecule has 70 valence electrons. The first-order valence-electron chi connectivity index (χ1n) is 4.23. The van der Waals surface area contributed by atoms with Crippen LogP contribution in [-0.4, -0.2) is 4.57 Å². The molecule has 0 aliphatic heterocycles. The Morgan fingerprint density at radius 3 is 3.00 bits per heavy atom. The number of pyridine rings is 1. The first-order chi connectivity index (χ1) is 6.15. The molecule has 0 radical (unpaired) electrons. The van der Waals surface area contributed by atoms with Crippen LogP contribution in [0.3, 0.4) is 0 Å². The maximum absolute atomic E-state index is 11.0. The Hall–Kier alpha value is -1.51. The molecular formula is C10H14N2O. The lowest BCUT2D eigenvalue weighted by molar-refractivity contribution is 0.552. The van der Waals surface area contributed by atoms with E-state index in [1.54, 1.807) is 12.4 Å². The average molecular weight is 178 g/mol. The van der Waals surface area contributed by atoms with Gasteiger partial charge in [0.25, 0.3) is 0 Å². The fourth-order valence-electron chi connectivity index (χ4n) is 1.15. The van der Waals surface area contributed by atoms with Crippen LogP contribution in [0.4, 0.5) is 5.69 Å². The summed E-state index contributed by atoms with van der Waals surface area (Å²) in [7, 11) is 0. The number of allylic oxidation sites excluding steroid dienone is 1. The molecule has 1 rings (SSSR count). The van der Waals surface area contributed by atoms with E-state index in [9.17, 15) is 4.79 Å². The Labute approximate surface area is 77.5 Å². The molecule has 1 atom stereocenters. The van der Waals surface area contributed by atoms with E-state index in [1.807, 2.05) is 17.6 Å².